The van der Waals surface area contributed by atoms with E-state index in [1.807, 2.05) is 18.2 Å². The zero-order valence-corrected chi connectivity index (χ0v) is 10.1. The molecule has 94 valence electrons. The van der Waals surface area contributed by atoms with Gasteiger partial charge in [-0.2, -0.15) is 9.97 Å². The molecule has 0 radical (unpaired) electrons. The first kappa shape index (κ1) is 12.0. The van der Waals surface area contributed by atoms with Gasteiger partial charge in [-0.1, -0.05) is 6.07 Å². The zero-order chi connectivity index (χ0) is 12.8. The smallest absolute Gasteiger partial charge is 0.324 e. The van der Waals surface area contributed by atoms with Crippen LogP contribution in [0.3, 0.4) is 0 Å². The molecule has 2 aromatic rings. The van der Waals surface area contributed by atoms with Crippen molar-refractivity contribution in [2.24, 2.45) is 0 Å². The lowest BCUT2D eigenvalue weighted by Crippen LogP contribution is -2.07. The van der Waals surface area contributed by atoms with Crippen LogP contribution in [0.4, 0.5) is 5.95 Å². The van der Waals surface area contributed by atoms with Gasteiger partial charge in [-0.15, -0.1) is 4.98 Å². The van der Waals surface area contributed by atoms with Crippen LogP contribution in [0, 0.1) is 0 Å². The minimum atomic E-state index is 0.199. The molecule has 0 saturated carbocycles. The van der Waals surface area contributed by atoms with E-state index >= 15 is 0 Å². The standard InChI is InChI=1S/C11H13N5O2/c1-17-10-14-9(15-11(16-10)18-2)13-7-8-5-3-4-6-12-8/h3-6H,7H2,1-2H3,(H,13,14,15,16). The zero-order valence-electron chi connectivity index (χ0n) is 10.1. The van der Waals surface area contributed by atoms with Crippen LogP contribution < -0.4 is 14.8 Å². The second-order valence-electron chi connectivity index (χ2n) is 3.31. The van der Waals surface area contributed by atoms with Gasteiger partial charge in [-0.3, -0.25) is 4.98 Å². The Balaban J connectivity index is 2.09. The lowest BCUT2D eigenvalue weighted by atomic mass is 10.3. The second-order valence-corrected chi connectivity index (χ2v) is 3.31. The molecule has 2 heterocycles. The molecule has 2 aromatic heterocycles. The molecule has 0 unspecified atom stereocenters. The molecule has 2 rings (SSSR count). The second kappa shape index (κ2) is 5.76. The fraction of sp³-hybridized carbons (Fsp3) is 0.273. The largest absolute Gasteiger partial charge is 0.467 e. The number of hydrogen-bond acceptors (Lipinski definition) is 7. The Bertz CT molecular complexity index is 484. The van der Waals surface area contributed by atoms with Crippen molar-refractivity contribution in [3.8, 4) is 12.0 Å². The van der Waals surface area contributed by atoms with Crippen LogP contribution in [-0.2, 0) is 6.54 Å². The van der Waals surface area contributed by atoms with Crippen LogP contribution in [0.2, 0.25) is 0 Å². The third-order valence-electron chi connectivity index (χ3n) is 2.11. The monoisotopic (exact) mass is 247 g/mol. The van der Waals surface area contributed by atoms with Crippen molar-refractivity contribution in [2.45, 2.75) is 6.54 Å². The molecular formula is C11H13N5O2. The van der Waals surface area contributed by atoms with Crippen LogP contribution in [0.15, 0.2) is 24.4 Å². The lowest BCUT2D eigenvalue weighted by Gasteiger charge is -2.06. The number of methoxy groups -OCH3 is 2. The number of ether oxygens (including phenoxy) is 2. The van der Waals surface area contributed by atoms with E-state index < -0.39 is 0 Å². The Morgan fingerprint density at radius 1 is 1.06 bits per heavy atom. The predicted octanol–water partition coefficient (Wildman–Crippen LogP) is 0.896. The molecule has 0 spiro atoms. The Hall–Kier alpha value is -2.44. The Kier molecular flexibility index (Phi) is 3.85. The molecule has 0 aromatic carbocycles. The maximum absolute atomic E-state index is 4.95. The van der Waals surface area contributed by atoms with Gasteiger partial charge in [0.25, 0.3) is 0 Å². The van der Waals surface area contributed by atoms with E-state index in [1.54, 1.807) is 6.20 Å². The molecule has 18 heavy (non-hydrogen) atoms. The van der Waals surface area contributed by atoms with E-state index in [2.05, 4.69) is 25.3 Å². The summed E-state index contributed by atoms with van der Waals surface area (Å²) in [5.41, 5.74) is 0.885. The molecule has 0 amide bonds. The number of anilines is 1. The third kappa shape index (κ3) is 3.03. The number of nitrogens with zero attached hydrogens (tertiary/aromatic N) is 4. The minimum absolute atomic E-state index is 0.199. The lowest BCUT2D eigenvalue weighted by molar-refractivity contribution is 0.341. The topological polar surface area (TPSA) is 82.0 Å². The van der Waals surface area contributed by atoms with Gasteiger partial charge in [-0.25, -0.2) is 0 Å². The van der Waals surface area contributed by atoms with Crippen LogP contribution in [0.5, 0.6) is 12.0 Å². The first-order valence-electron chi connectivity index (χ1n) is 5.29. The number of nitrogens with one attached hydrogen (secondary N) is 1. The highest BCUT2D eigenvalue weighted by molar-refractivity contribution is 5.28. The fourth-order valence-corrected chi connectivity index (χ4v) is 1.27. The number of rotatable bonds is 5. The predicted molar refractivity (Wildman–Crippen MR) is 64.5 cm³/mol. The van der Waals surface area contributed by atoms with Gasteiger partial charge >= 0.3 is 12.0 Å². The molecule has 0 bridgehead atoms. The van der Waals surface area contributed by atoms with Gasteiger partial charge in [0.2, 0.25) is 5.95 Å². The summed E-state index contributed by atoms with van der Waals surface area (Å²) in [6, 6.07) is 6.08. The highest BCUT2D eigenvalue weighted by atomic mass is 16.5. The van der Waals surface area contributed by atoms with Crippen molar-refractivity contribution in [2.75, 3.05) is 19.5 Å². The Morgan fingerprint density at radius 2 is 1.78 bits per heavy atom. The summed E-state index contributed by atoms with van der Waals surface area (Å²) < 4.78 is 9.90. The van der Waals surface area contributed by atoms with Gasteiger partial charge in [0.05, 0.1) is 26.5 Å². The van der Waals surface area contributed by atoms with E-state index in [4.69, 9.17) is 9.47 Å². The number of aromatic nitrogens is 4. The molecule has 7 heteroatoms. The van der Waals surface area contributed by atoms with Gasteiger partial charge in [0.1, 0.15) is 0 Å². The Morgan fingerprint density at radius 3 is 2.33 bits per heavy atom. The van der Waals surface area contributed by atoms with Crippen LogP contribution in [0.25, 0.3) is 0 Å². The van der Waals surface area contributed by atoms with Crippen molar-refractivity contribution >= 4 is 5.95 Å². The van der Waals surface area contributed by atoms with Crippen LogP contribution in [0.1, 0.15) is 5.69 Å². The van der Waals surface area contributed by atoms with Crippen LogP contribution in [-0.4, -0.2) is 34.2 Å². The summed E-state index contributed by atoms with van der Waals surface area (Å²) >= 11 is 0. The number of hydrogen-bond donors (Lipinski definition) is 1. The SMILES string of the molecule is COc1nc(NCc2ccccn2)nc(OC)n1. The van der Waals surface area contributed by atoms with Gasteiger partial charge < -0.3 is 14.8 Å². The highest BCUT2D eigenvalue weighted by Crippen LogP contribution is 2.12. The summed E-state index contributed by atoms with van der Waals surface area (Å²) in [6.45, 7) is 0.511. The molecule has 0 aliphatic carbocycles. The third-order valence-corrected chi connectivity index (χ3v) is 2.11. The van der Waals surface area contributed by atoms with Crippen molar-refractivity contribution in [1.29, 1.82) is 0 Å². The Labute approximate surface area is 104 Å². The molecule has 0 fully saturated rings. The summed E-state index contributed by atoms with van der Waals surface area (Å²) in [7, 11) is 2.97. The average Bonchev–Trinajstić information content (AvgIpc) is 2.45. The minimum Gasteiger partial charge on any atom is -0.467 e. The first-order chi connectivity index (χ1) is 8.81. The normalized spacial score (nSPS) is 9.89. The van der Waals surface area contributed by atoms with E-state index in [9.17, 15) is 0 Å². The molecule has 7 nitrogen and oxygen atoms in total. The fourth-order valence-electron chi connectivity index (χ4n) is 1.27. The quantitative estimate of drug-likeness (QED) is 0.840. The molecule has 0 saturated heterocycles. The van der Waals surface area contributed by atoms with E-state index in [1.165, 1.54) is 14.2 Å². The van der Waals surface area contributed by atoms with Gasteiger partial charge in [-0.05, 0) is 12.1 Å². The molecule has 0 aliphatic heterocycles. The van der Waals surface area contributed by atoms with Crippen molar-refractivity contribution in [1.82, 2.24) is 19.9 Å². The maximum atomic E-state index is 4.95. The first-order valence-corrected chi connectivity index (χ1v) is 5.29. The summed E-state index contributed by atoms with van der Waals surface area (Å²) in [6.07, 6.45) is 1.73. The summed E-state index contributed by atoms with van der Waals surface area (Å²) in [4.78, 5) is 16.2. The number of pyridine rings is 1. The average molecular weight is 247 g/mol. The maximum Gasteiger partial charge on any atom is 0.324 e. The highest BCUT2D eigenvalue weighted by Gasteiger charge is 2.06. The molecular weight excluding hydrogens is 234 g/mol. The van der Waals surface area contributed by atoms with Gasteiger partial charge in [0, 0.05) is 6.20 Å². The molecule has 0 aliphatic rings. The van der Waals surface area contributed by atoms with E-state index in [-0.39, 0.29) is 12.0 Å². The van der Waals surface area contributed by atoms with E-state index in [0.717, 1.165) is 5.69 Å². The summed E-state index contributed by atoms with van der Waals surface area (Å²) in [5.74, 6) is 0.379. The van der Waals surface area contributed by atoms with Crippen LogP contribution >= 0.6 is 0 Å². The summed E-state index contributed by atoms with van der Waals surface area (Å²) in [5, 5.41) is 3.03. The van der Waals surface area contributed by atoms with E-state index in [0.29, 0.717) is 12.5 Å². The van der Waals surface area contributed by atoms with Crippen molar-refractivity contribution < 1.29 is 9.47 Å². The van der Waals surface area contributed by atoms with Crippen molar-refractivity contribution in [3.63, 3.8) is 0 Å². The molecule has 1 N–H and O–H groups in total. The molecule has 0 atom stereocenters. The van der Waals surface area contributed by atoms with Gasteiger partial charge in [0.15, 0.2) is 0 Å². The van der Waals surface area contributed by atoms with Crippen molar-refractivity contribution in [3.05, 3.63) is 30.1 Å².